The largest absolute Gasteiger partial charge is 0.390 e. The summed E-state index contributed by atoms with van der Waals surface area (Å²) in [5.41, 5.74) is 2.16. The minimum absolute atomic E-state index is 0.223. The van der Waals surface area contributed by atoms with Crippen LogP contribution in [-0.2, 0) is 6.54 Å². The van der Waals surface area contributed by atoms with Gasteiger partial charge in [0.05, 0.1) is 24.7 Å². The van der Waals surface area contributed by atoms with Crippen LogP contribution in [0.3, 0.4) is 0 Å². The number of aromatic nitrogens is 2. The van der Waals surface area contributed by atoms with Gasteiger partial charge in [0, 0.05) is 11.8 Å². The lowest BCUT2D eigenvalue weighted by atomic mass is 10.1. The lowest BCUT2D eigenvalue weighted by Crippen LogP contribution is -2.17. The number of rotatable bonds is 4. The number of hydrogen-bond donors (Lipinski definition) is 1. The number of aliphatic hydroxyl groups excluding tert-OH is 1. The molecule has 16 heavy (non-hydrogen) atoms. The van der Waals surface area contributed by atoms with Gasteiger partial charge in [0.15, 0.2) is 0 Å². The molecule has 1 aromatic carbocycles. The van der Waals surface area contributed by atoms with Gasteiger partial charge in [0.25, 0.3) is 0 Å². The second kappa shape index (κ2) is 5.14. The van der Waals surface area contributed by atoms with Gasteiger partial charge in [-0.2, -0.15) is 5.10 Å². The maximum atomic E-state index is 9.40. The molecule has 0 aliphatic heterocycles. The normalized spacial score (nSPS) is 12.6. The van der Waals surface area contributed by atoms with Gasteiger partial charge in [-0.05, 0) is 5.56 Å². The average Bonchev–Trinajstić information content (AvgIpc) is 2.78. The Morgan fingerprint density at radius 2 is 2.00 bits per heavy atom. The van der Waals surface area contributed by atoms with Crippen LogP contribution < -0.4 is 0 Å². The second-order valence-electron chi connectivity index (χ2n) is 3.63. The van der Waals surface area contributed by atoms with E-state index in [0.29, 0.717) is 6.54 Å². The molecule has 0 saturated carbocycles. The first kappa shape index (κ1) is 11.2. The van der Waals surface area contributed by atoms with Crippen LogP contribution in [0, 0.1) is 0 Å². The average molecular weight is 237 g/mol. The van der Waals surface area contributed by atoms with Gasteiger partial charge in [-0.3, -0.25) is 4.68 Å². The van der Waals surface area contributed by atoms with E-state index in [1.165, 1.54) is 0 Å². The monoisotopic (exact) mass is 236 g/mol. The van der Waals surface area contributed by atoms with Gasteiger partial charge < -0.3 is 5.11 Å². The van der Waals surface area contributed by atoms with Crippen molar-refractivity contribution >= 4 is 11.6 Å². The van der Waals surface area contributed by atoms with Crippen molar-refractivity contribution in [1.29, 1.82) is 0 Å². The van der Waals surface area contributed by atoms with Crippen molar-refractivity contribution in [1.82, 2.24) is 9.78 Å². The van der Waals surface area contributed by atoms with Crippen molar-refractivity contribution in [2.45, 2.75) is 12.6 Å². The third-order valence-corrected chi connectivity index (χ3v) is 2.67. The van der Waals surface area contributed by atoms with Crippen LogP contribution in [0.5, 0.6) is 0 Å². The van der Waals surface area contributed by atoms with Crippen LogP contribution >= 0.6 is 11.6 Å². The smallest absolute Gasteiger partial charge is 0.0871 e. The second-order valence-corrected chi connectivity index (χ2v) is 3.93. The van der Waals surface area contributed by atoms with E-state index in [-0.39, 0.29) is 5.88 Å². The summed E-state index contributed by atoms with van der Waals surface area (Å²) in [5.74, 6) is 0.223. The maximum absolute atomic E-state index is 9.40. The van der Waals surface area contributed by atoms with Gasteiger partial charge in [0.2, 0.25) is 0 Å². The molecule has 2 rings (SSSR count). The number of aliphatic hydroxyl groups is 1. The van der Waals surface area contributed by atoms with Crippen molar-refractivity contribution in [3.8, 4) is 11.1 Å². The number of halogens is 1. The molecular weight excluding hydrogens is 224 g/mol. The molecule has 2 aromatic rings. The number of benzene rings is 1. The van der Waals surface area contributed by atoms with E-state index in [4.69, 9.17) is 11.6 Å². The molecule has 1 aromatic heterocycles. The maximum Gasteiger partial charge on any atom is 0.0871 e. The summed E-state index contributed by atoms with van der Waals surface area (Å²) in [6.45, 7) is 0.427. The first-order chi connectivity index (χ1) is 7.79. The first-order valence-electron chi connectivity index (χ1n) is 5.11. The highest BCUT2D eigenvalue weighted by Gasteiger charge is 2.05. The third kappa shape index (κ3) is 2.62. The Morgan fingerprint density at radius 3 is 2.69 bits per heavy atom. The zero-order chi connectivity index (χ0) is 11.4. The summed E-state index contributed by atoms with van der Waals surface area (Å²) in [6, 6.07) is 10.0. The summed E-state index contributed by atoms with van der Waals surface area (Å²) < 4.78 is 1.70. The molecule has 0 fully saturated rings. The van der Waals surface area contributed by atoms with E-state index in [1.807, 2.05) is 36.5 Å². The molecule has 4 heteroatoms. The lowest BCUT2D eigenvalue weighted by molar-refractivity contribution is 0.171. The molecule has 0 amide bonds. The van der Waals surface area contributed by atoms with Gasteiger partial charge in [-0.25, -0.2) is 0 Å². The highest BCUT2D eigenvalue weighted by Crippen LogP contribution is 2.17. The van der Waals surface area contributed by atoms with Crippen LogP contribution in [-0.4, -0.2) is 26.9 Å². The van der Waals surface area contributed by atoms with Gasteiger partial charge >= 0.3 is 0 Å². The number of nitrogens with zero attached hydrogens (tertiary/aromatic N) is 2. The molecule has 1 atom stereocenters. The number of alkyl halides is 1. The van der Waals surface area contributed by atoms with E-state index in [1.54, 1.807) is 10.9 Å². The molecule has 1 heterocycles. The standard InChI is InChI=1S/C12H13ClN2O/c13-6-12(16)9-15-8-11(7-14-15)10-4-2-1-3-5-10/h1-5,7-8,12,16H,6,9H2. The summed E-state index contributed by atoms with van der Waals surface area (Å²) >= 11 is 5.53. The Kier molecular flexibility index (Phi) is 3.59. The van der Waals surface area contributed by atoms with Crippen molar-refractivity contribution in [3.63, 3.8) is 0 Å². The Labute approximate surface area is 99.3 Å². The SMILES string of the molecule is OC(CCl)Cn1cc(-c2ccccc2)cn1. The van der Waals surface area contributed by atoms with Crippen LogP contribution in [0.25, 0.3) is 11.1 Å². The molecule has 3 nitrogen and oxygen atoms in total. The predicted molar refractivity (Wildman–Crippen MR) is 64.4 cm³/mol. The zero-order valence-corrected chi connectivity index (χ0v) is 9.51. The quantitative estimate of drug-likeness (QED) is 0.827. The van der Waals surface area contributed by atoms with E-state index in [2.05, 4.69) is 5.10 Å². The molecule has 0 spiro atoms. The van der Waals surface area contributed by atoms with E-state index in [0.717, 1.165) is 11.1 Å². The third-order valence-electron chi connectivity index (χ3n) is 2.32. The molecule has 1 N–H and O–H groups in total. The number of hydrogen-bond acceptors (Lipinski definition) is 2. The molecule has 0 saturated heterocycles. The van der Waals surface area contributed by atoms with Crippen molar-refractivity contribution in [2.24, 2.45) is 0 Å². The van der Waals surface area contributed by atoms with Crippen LogP contribution in [0.4, 0.5) is 0 Å². The van der Waals surface area contributed by atoms with Crippen molar-refractivity contribution in [2.75, 3.05) is 5.88 Å². The van der Waals surface area contributed by atoms with E-state index < -0.39 is 6.10 Å². The molecular formula is C12H13ClN2O. The summed E-state index contributed by atoms with van der Waals surface area (Å²) in [4.78, 5) is 0. The van der Waals surface area contributed by atoms with Gasteiger partial charge in [-0.1, -0.05) is 30.3 Å². The van der Waals surface area contributed by atoms with E-state index in [9.17, 15) is 5.11 Å². The van der Waals surface area contributed by atoms with Crippen molar-refractivity contribution in [3.05, 3.63) is 42.7 Å². The topological polar surface area (TPSA) is 38.0 Å². The molecule has 0 radical (unpaired) electrons. The van der Waals surface area contributed by atoms with Gasteiger partial charge in [-0.15, -0.1) is 11.6 Å². The first-order valence-corrected chi connectivity index (χ1v) is 5.65. The minimum atomic E-state index is -0.551. The highest BCUT2D eigenvalue weighted by molar-refractivity contribution is 6.18. The minimum Gasteiger partial charge on any atom is -0.390 e. The van der Waals surface area contributed by atoms with Crippen LogP contribution in [0.15, 0.2) is 42.7 Å². The fourth-order valence-corrected chi connectivity index (χ4v) is 1.61. The Morgan fingerprint density at radius 1 is 1.25 bits per heavy atom. The Hall–Kier alpha value is -1.32. The molecule has 0 aliphatic carbocycles. The van der Waals surface area contributed by atoms with Crippen LogP contribution in [0.1, 0.15) is 0 Å². The Balaban J connectivity index is 2.14. The fraction of sp³-hybridized carbons (Fsp3) is 0.250. The Bertz CT molecular complexity index is 441. The summed E-state index contributed by atoms with van der Waals surface area (Å²) in [7, 11) is 0. The molecule has 1 unspecified atom stereocenters. The fourth-order valence-electron chi connectivity index (χ4n) is 1.51. The van der Waals surface area contributed by atoms with Crippen molar-refractivity contribution < 1.29 is 5.11 Å². The summed E-state index contributed by atoms with van der Waals surface area (Å²) in [6.07, 6.45) is 3.15. The van der Waals surface area contributed by atoms with Crippen LogP contribution in [0.2, 0.25) is 0 Å². The molecule has 0 bridgehead atoms. The molecule has 0 aliphatic rings. The lowest BCUT2D eigenvalue weighted by Gasteiger charge is -2.05. The zero-order valence-electron chi connectivity index (χ0n) is 8.75. The molecule has 84 valence electrons. The highest BCUT2D eigenvalue weighted by atomic mass is 35.5. The summed E-state index contributed by atoms with van der Waals surface area (Å²) in [5, 5.41) is 13.6. The van der Waals surface area contributed by atoms with E-state index >= 15 is 0 Å². The van der Waals surface area contributed by atoms with Gasteiger partial charge in [0.1, 0.15) is 0 Å². The predicted octanol–water partition coefficient (Wildman–Crippen LogP) is 2.15.